The average Bonchev–Trinajstić information content (AvgIpc) is 2.27. The lowest BCUT2D eigenvalue weighted by Gasteiger charge is -2.17. The molecule has 1 rings (SSSR count). The number of hydrogen-bond donors (Lipinski definition) is 2. The number of hydrogen-bond acceptors (Lipinski definition) is 5. The number of aliphatic hydroxyl groups excluding tert-OH is 2. The number of pyridine rings is 1. The Kier molecular flexibility index (Phi) is 5.61. The normalized spacial score (nSPS) is 14.4. The zero-order chi connectivity index (χ0) is 12.8. The van der Waals surface area contributed by atoms with Crippen LogP contribution >= 0.6 is 11.8 Å². The van der Waals surface area contributed by atoms with Gasteiger partial charge in [-0.2, -0.15) is 0 Å². The molecule has 0 saturated carbocycles. The summed E-state index contributed by atoms with van der Waals surface area (Å²) in [5.74, 6) is 0.499. The molecule has 2 N–H and O–H groups in total. The first-order valence-corrected chi connectivity index (χ1v) is 6.41. The van der Waals surface area contributed by atoms with E-state index in [0.717, 1.165) is 17.3 Å². The van der Waals surface area contributed by atoms with Crippen LogP contribution in [0.15, 0.2) is 18.3 Å². The molecule has 1 heterocycles. The smallest absolute Gasteiger partial charge is 0.185 e. The van der Waals surface area contributed by atoms with Gasteiger partial charge >= 0.3 is 0 Å². The largest absolute Gasteiger partial charge is 0.390 e. The summed E-state index contributed by atoms with van der Waals surface area (Å²) in [5.41, 5.74) is 1.45. The molecule has 0 fully saturated rings. The molecule has 0 bridgehead atoms. The monoisotopic (exact) mass is 255 g/mol. The van der Waals surface area contributed by atoms with Crippen LogP contribution in [0.5, 0.6) is 0 Å². The van der Waals surface area contributed by atoms with Crippen molar-refractivity contribution >= 4 is 16.9 Å². The summed E-state index contributed by atoms with van der Waals surface area (Å²) in [6, 6.07) is 3.57. The molecule has 0 radical (unpaired) electrons. The van der Waals surface area contributed by atoms with Gasteiger partial charge in [-0.3, -0.25) is 9.78 Å². The first-order valence-electron chi connectivity index (χ1n) is 5.42. The summed E-state index contributed by atoms with van der Waals surface area (Å²) >= 11 is 1.14. The molecule has 0 aromatic carbocycles. The highest BCUT2D eigenvalue weighted by molar-refractivity contribution is 8.13. The maximum absolute atomic E-state index is 10.7. The second-order valence-corrected chi connectivity index (χ2v) is 5.17. The number of thioether (sulfide) groups is 1. The Labute approximate surface area is 105 Å². The summed E-state index contributed by atoms with van der Waals surface area (Å²) in [4.78, 5) is 14.7. The average molecular weight is 255 g/mol. The number of aliphatic hydroxyl groups is 2. The van der Waals surface area contributed by atoms with E-state index in [2.05, 4.69) is 4.98 Å². The van der Waals surface area contributed by atoms with Gasteiger partial charge in [0.1, 0.15) is 6.10 Å². The standard InChI is InChI=1S/C12H17NO3S/c1-8-3-5-13-10(7-8)12(16)11(15)4-6-17-9(2)14/h3,5,7,11-12,15-16H,4,6H2,1-2H3. The highest BCUT2D eigenvalue weighted by Gasteiger charge is 2.19. The van der Waals surface area contributed by atoms with Crippen LogP contribution in [0.3, 0.4) is 0 Å². The van der Waals surface area contributed by atoms with Crippen LogP contribution in [0.2, 0.25) is 0 Å². The first-order chi connectivity index (χ1) is 8.00. The Morgan fingerprint density at radius 1 is 1.53 bits per heavy atom. The molecule has 94 valence electrons. The van der Waals surface area contributed by atoms with Crippen molar-refractivity contribution in [3.05, 3.63) is 29.6 Å². The van der Waals surface area contributed by atoms with Gasteiger partial charge < -0.3 is 10.2 Å². The van der Waals surface area contributed by atoms with E-state index in [9.17, 15) is 15.0 Å². The van der Waals surface area contributed by atoms with Crippen molar-refractivity contribution in [3.8, 4) is 0 Å². The molecule has 4 nitrogen and oxygen atoms in total. The van der Waals surface area contributed by atoms with E-state index in [1.807, 2.05) is 13.0 Å². The van der Waals surface area contributed by atoms with Crippen LogP contribution in [0.25, 0.3) is 0 Å². The van der Waals surface area contributed by atoms with Crippen molar-refractivity contribution in [3.63, 3.8) is 0 Å². The summed E-state index contributed by atoms with van der Waals surface area (Å²) in [7, 11) is 0. The summed E-state index contributed by atoms with van der Waals surface area (Å²) in [6.45, 7) is 3.38. The van der Waals surface area contributed by atoms with Crippen LogP contribution < -0.4 is 0 Å². The van der Waals surface area contributed by atoms with E-state index in [1.54, 1.807) is 12.3 Å². The fraction of sp³-hybridized carbons (Fsp3) is 0.500. The van der Waals surface area contributed by atoms with E-state index >= 15 is 0 Å². The number of carbonyl (C=O) groups is 1. The van der Waals surface area contributed by atoms with E-state index in [1.165, 1.54) is 6.92 Å². The van der Waals surface area contributed by atoms with E-state index < -0.39 is 12.2 Å². The quantitative estimate of drug-likeness (QED) is 0.833. The fourth-order valence-electron chi connectivity index (χ4n) is 1.40. The van der Waals surface area contributed by atoms with Gasteiger partial charge in [-0.15, -0.1) is 0 Å². The number of aromatic nitrogens is 1. The van der Waals surface area contributed by atoms with Crippen molar-refractivity contribution in [2.24, 2.45) is 0 Å². The molecule has 2 atom stereocenters. The molecule has 0 spiro atoms. The van der Waals surface area contributed by atoms with Gasteiger partial charge in [0.2, 0.25) is 0 Å². The van der Waals surface area contributed by atoms with Crippen LogP contribution in [0.1, 0.15) is 30.7 Å². The summed E-state index contributed by atoms with van der Waals surface area (Å²) in [6.07, 6.45) is 0.0741. The van der Waals surface area contributed by atoms with Gasteiger partial charge in [-0.1, -0.05) is 11.8 Å². The molecular weight excluding hydrogens is 238 g/mol. The fourth-order valence-corrected chi connectivity index (χ4v) is 2.05. The van der Waals surface area contributed by atoms with Crippen molar-refractivity contribution in [2.75, 3.05) is 5.75 Å². The Hall–Kier alpha value is -0.910. The zero-order valence-electron chi connectivity index (χ0n) is 9.96. The number of nitrogens with zero attached hydrogens (tertiary/aromatic N) is 1. The Morgan fingerprint density at radius 2 is 2.24 bits per heavy atom. The predicted octanol–water partition coefficient (Wildman–Crippen LogP) is 1.45. The van der Waals surface area contributed by atoms with Gasteiger partial charge in [-0.05, 0) is 31.0 Å². The van der Waals surface area contributed by atoms with Crippen molar-refractivity contribution in [1.82, 2.24) is 4.98 Å². The first kappa shape index (κ1) is 14.2. The molecule has 1 aromatic rings. The third-order valence-electron chi connectivity index (χ3n) is 2.32. The van der Waals surface area contributed by atoms with Crippen molar-refractivity contribution in [2.45, 2.75) is 32.5 Å². The molecule has 1 aromatic heterocycles. The van der Waals surface area contributed by atoms with Crippen molar-refractivity contribution in [1.29, 1.82) is 0 Å². The van der Waals surface area contributed by atoms with Gasteiger partial charge in [0.05, 0.1) is 11.8 Å². The summed E-state index contributed by atoms with van der Waals surface area (Å²) in [5, 5.41) is 19.6. The molecular formula is C12H17NO3S. The highest BCUT2D eigenvalue weighted by Crippen LogP contribution is 2.19. The van der Waals surface area contributed by atoms with E-state index in [0.29, 0.717) is 17.9 Å². The highest BCUT2D eigenvalue weighted by atomic mass is 32.2. The van der Waals surface area contributed by atoms with Crippen LogP contribution in [-0.2, 0) is 4.79 Å². The molecule has 17 heavy (non-hydrogen) atoms. The number of rotatable bonds is 5. The molecule has 2 unspecified atom stereocenters. The van der Waals surface area contributed by atoms with Gasteiger partial charge in [0.15, 0.2) is 5.12 Å². The summed E-state index contributed by atoms with van der Waals surface area (Å²) < 4.78 is 0. The second kappa shape index (κ2) is 6.74. The molecule has 0 aliphatic carbocycles. The minimum atomic E-state index is -0.998. The zero-order valence-corrected chi connectivity index (χ0v) is 10.8. The van der Waals surface area contributed by atoms with Crippen LogP contribution in [0.4, 0.5) is 0 Å². The lowest BCUT2D eigenvalue weighted by Crippen LogP contribution is -2.20. The van der Waals surface area contributed by atoms with Crippen LogP contribution in [0, 0.1) is 6.92 Å². The predicted molar refractivity (Wildman–Crippen MR) is 67.7 cm³/mol. The van der Waals surface area contributed by atoms with E-state index in [-0.39, 0.29) is 5.12 Å². The number of carbonyl (C=O) groups excluding carboxylic acids is 1. The van der Waals surface area contributed by atoms with Gasteiger partial charge in [0, 0.05) is 18.9 Å². The third kappa shape index (κ3) is 4.85. The topological polar surface area (TPSA) is 70.4 Å². The minimum absolute atomic E-state index is 0.0142. The molecule has 0 saturated heterocycles. The third-order valence-corrected chi connectivity index (χ3v) is 3.17. The molecule has 5 heteroatoms. The minimum Gasteiger partial charge on any atom is -0.390 e. The maximum Gasteiger partial charge on any atom is 0.185 e. The maximum atomic E-state index is 10.7. The van der Waals surface area contributed by atoms with E-state index in [4.69, 9.17) is 0 Å². The Morgan fingerprint density at radius 3 is 2.82 bits per heavy atom. The lowest BCUT2D eigenvalue weighted by atomic mass is 10.1. The molecule has 0 aliphatic rings. The molecule has 0 aliphatic heterocycles. The SMILES string of the molecule is CC(=O)SCCC(O)C(O)c1cc(C)ccn1. The Bertz CT molecular complexity index is 384. The molecule has 0 amide bonds. The second-order valence-electron chi connectivity index (χ2n) is 3.90. The lowest BCUT2D eigenvalue weighted by molar-refractivity contribution is -0.109. The van der Waals surface area contributed by atoms with Gasteiger partial charge in [-0.25, -0.2) is 0 Å². The van der Waals surface area contributed by atoms with Gasteiger partial charge in [0.25, 0.3) is 0 Å². The number of aryl methyl sites for hydroxylation is 1. The Balaban J connectivity index is 2.51. The van der Waals surface area contributed by atoms with Crippen LogP contribution in [-0.4, -0.2) is 32.2 Å². The van der Waals surface area contributed by atoms with Crippen molar-refractivity contribution < 1.29 is 15.0 Å².